The standard InChI is InChI=1S/C16H23N3O/c1-4-16(2,20-3)15(19-17)11-12-9-10-18-14-8-6-5-7-13(12)14/h5-10,15,19H,4,11,17H2,1-3H3. The van der Waals surface area contributed by atoms with Crippen LogP contribution in [-0.4, -0.2) is 23.7 Å². The number of nitrogens with zero attached hydrogens (tertiary/aromatic N) is 1. The SMILES string of the molecule is CCC(C)(OC)C(Cc1ccnc2ccccc12)NN. The summed E-state index contributed by atoms with van der Waals surface area (Å²) in [5, 5.41) is 1.17. The van der Waals surface area contributed by atoms with Crippen molar-refractivity contribution in [1.82, 2.24) is 10.4 Å². The lowest BCUT2D eigenvalue weighted by Crippen LogP contribution is -2.53. The molecule has 0 radical (unpaired) electrons. The highest BCUT2D eigenvalue weighted by Gasteiger charge is 2.32. The normalized spacial score (nSPS) is 16.0. The Balaban J connectivity index is 2.35. The van der Waals surface area contributed by atoms with E-state index in [0.29, 0.717) is 0 Å². The number of para-hydroxylation sites is 1. The summed E-state index contributed by atoms with van der Waals surface area (Å²) in [5.74, 6) is 5.76. The maximum Gasteiger partial charge on any atom is 0.0817 e. The van der Waals surface area contributed by atoms with E-state index in [0.717, 1.165) is 18.4 Å². The van der Waals surface area contributed by atoms with Gasteiger partial charge in [-0.1, -0.05) is 25.1 Å². The first-order chi connectivity index (χ1) is 9.64. The zero-order valence-corrected chi connectivity index (χ0v) is 12.4. The average Bonchev–Trinajstić information content (AvgIpc) is 2.52. The molecule has 4 heteroatoms. The Morgan fingerprint density at radius 2 is 2.10 bits per heavy atom. The Morgan fingerprint density at radius 1 is 1.35 bits per heavy atom. The molecule has 0 aliphatic heterocycles. The summed E-state index contributed by atoms with van der Waals surface area (Å²) in [6.07, 6.45) is 3.54. The van der Waals surface area contributed by atoms with Crippen LogP contribution in [0.2, 0.25) is 0 Å². The minimum Gasteiger partial charge on any atom is -0.377 e. The van der Waals surface area contributed by atoms with Gasteiger partial charge >= 0.3 is 0 Å². The predicted octanol–water partition coefficient (Wildman–Crippen LogP) is 2.42. The maximum atomic E-state index is 5.76. The fraction of sp³-hybridized carbons (Fsp3) is 0.438. The first-order valence-electron chi connectivity index (χ1n) is 6.98. The van der Waals surface area contributed by atoms with E-state index in [9.17, 15) is 0 Å². The molecule has 2 rings (SSSR count). The molecule has 0 amide bonds. The molecule has 108 valence electrons. The number of pyridine rings is 1. The average molecular weight is 273 g/mol. The predicted molar refractivity (Wildman–Crippen MR) is 82.3 cm³/mol. The number of methoxy groups -OCH3 is 1. The second kappa shape index (κ2) is 6.31. The summed E-state index contributed by atoms with van der Waals surface area (Å²) < 4.78 is 5.67. The van der Waals surface area contributed by atoms with Gasteiger partial charge in [-0.2, -0.15) is 0 Å². The summed E-state index contributed by atoms with van der Waals surface area (Å²) in [6, 6.07) is 10.3. The van der Waals surface area contributed by atoms with Gasteiger partial charge in [0, 0.05) is 18.7 Å². The molecule has 0 saturated heterocycles. The number of nitrogens with two attached hydrogens (primary N) is 1. The lowest BCUT2D eigenvalue weighted by atomic mass is 9.88. The van der Waals surface area contributed by atoms with Crippen molar-refractivity contribution in [3.8, 4) is 0 Å². The first-order valence-corrected chi connectivity index (χ1v) is 6.98. The van der Waals surface area contributed by atoms with Gasteiger partial charge in [-0.15, -0.1) is 0 Å². The number of benzene rings is 1. The number of aromatic nitrogens is 1. The molecule has 1 heterocycles. The first kappa shape index (κ1) is 14.9. The van der Waals surface area contributed by atoms with Crippen LogP contribution in [0.25, 0.3) is 10.9 Å². The van der Waals surface area contributed by atoms with Crippen LogP contribution in [-0.2, 0) is 11.2 Å². The number of hydrogen-bond acceptors (Lipinski definition) is 4. The molecule has 0 aliphatic carbocycles. The summed E-state index contributed by atoms with van der Waals surface area (Å²) in [7, 11) is 1.73. The number of hydrogen-bond donors (Lipinski definition) is 2. The summed E-state index contributed by atoms with van der Waals surface area (Å²) >= 11 is 0. The molecule has 0 saturated carbocycles. The van der Waals surface area contributed by atoms with Crippen LogP contribution in [0.1, 0.15) is 25.8 Å². The third kappa shape index (κ3) is 2.82. The molecule has 2 atom stereocenters. The van der Waals surface area contributed by atoms with Crippen molar-refractivity contribution in [2.45, 2.75) is 38.3 Å². The lowest BCUT2D eigenvalue weighted by Gasteiger charge is -2.35. The van der Waals surface area contributed by atoms with Gasteiger partial charge in [-0.05, 0) is 37.5 Å². The molecule has 2 aromatic rings. The Hall–Kier alpha value is -1.49. The van der Waals surface area contributed by atoms with Gasteiger partial charge in [-0.3, -0.25) is 16.3 Å². The van der Waals surface area contributed by atoms with Crippen LogP contribution in [0.5, 0.6) is 0 Å². The van der Waals surface area contributed by atoms with Crippen molar-refractivity contribution >= 4 is 10.9 Å². The largest absolute Gasteiger partial charge is 0.377 e. The number of rotatable bonds is 6. The molecule has 3 N–H and O–H groups in total. The smallest absolute Gasteiger partial charge is 0.0817 e. The third-order valence-corrected chi connectivity index (χ3v) is 4.27. The second-order valence-corrected chi connectivity index (χ2v) is 5.28. The Kier molecular flexibility index (Phi) is 4.70. The van der Waals surface area contributed by atoms with E-state index in [-0.39, 0.29) is 11.6 Å². The van der Waals surface area contributed by atoms with Gasteiger partial charge < -0.3 is 4.74 Å². The van der Waals surface area contributed by atoms with E-state index in [1.807, 2.05) is 24.4 Å². The zero-order valence-electron chi connectivity index (χ0n) is 12.4. The van der Waals surface area contributed by atoms with Crippen molar-refractivity contribution < 1.29 is 4.74 Å². The minimum atomic E-state index is -0.293. The Labute approximate surface area is 120 Å². The van der Waals surface area contributed by atoms with Gasteiger partial charge in [0.1, 0.15) is 0 Å². The number of ether oxygens (including phenoxy) is 1. The zero-order chi connectivity index (χ0) is 14.6. The summed E-state index contributed by atoms with van der Waals surface area (Å²) in [6.45, 7) is 4.19. The van der Waals surface area contributed by atoms with Crippen molar-refractivity contribution in [3.05, 3.63) is 42.1 Å². The molecule has 20 heavy (non-hydrogen) atoms. The number of nitrogens with one attached hydrogen (secondary N) is 1. The van der Waals surface area contributed by atoms with Gasteiger partial charge in [-0.25, -0.2) is 0 Å². The second-order valence-electron chi connectivity index (χ2n) is 5.28. The van der Waals surface area contributed by atoms with Crippen molar-refractivity contribution in [2.24, 2.45) is 5.84 Å². The van der Waals surface area contributed by atoms with Gasteiger partial charge in [0.15, 0.2) is 0 Å². The van der Waals surface area contributed by atoms with Crippen LogP contribution in [0, 0.1) is 0 Å². The summed E-state index contributed by atoms with van der Waals surface area (Å²) in [4.78, 5) is 4.39. The van der Waals surface area contributed by atoms with E-state index in [2.05, 4.69) is 36.4 Å². The van der Waals surface area contributed by atoms with Crippen molar-refractivity contribution in [1.29, 1.82) is 0 Å². The Morgan fingerprint density at radius 3 is 2.75 bits per heavy atom. The molecule has 1 aromatic carbocycles. The van der Waals surface area contributed by atoms with Gasteiger partial charge in [0.05, 0.1) is 17.2 Å². The molecule has 2 unspecified atom stereocenters. The fourth-order valence-electron chi connectivity index (χ4n) is 2.54. The molecule has 0 bridgehead atoms. The molecule has 1 aromatic heterocycles. The molecular weight excluding hydrogens is 250 g/mol. The van der Waals surface area contributed by atoms with Crippen LogP contribution in [0.4, 0.5) is 0 Å². The number of hydrazine groups is 1. The van der Waals surface area contributed by atoms with Crippen LogP contribution >= 0.6 is 0 Å². The number of fused-ring (bicyclic) bond motifs is 1. The fourth-order valence-corrected chi connectivity index (χ4v) is 2.54. The molecule has 4 nitrogen and oxygen atoms in total. The van der Waals surface area contributed by atoms with E-state index in [1.54, 1.807) is 7.11 Å². The van der Waals surface area contributed by atoms with Crippen LogP contribution < -0.4 is 11.3 Å². The molecular formula is C16H23N3O. The topological polar surface area (TPSA) is 60.2 Å². The van der Waals surface area contributed by atoms with Gasteiger partial charge in [0.25, 0.3) is 0 Å². The molecule has 0 spiro atoms. The maximum absolute atomic E-state index is 5.76. The molecule has 0 fully saturated rings. The van der Waals surface area contributed by atoms with Crippen LogP contribution in [0.15, 0.2) is 36.5 Å². The highest BCUT2D eigenvalue weighted by atomic mass is 16.5. The van der Waals surface area contributed by atoms with Crippen LogP contribution in [0.3, 0.4) is 0 Å². The Bertz CT molecular complexity index is 561. The minimum absolute atomic E-state index is 0.0447. The third-order valence-electron chi connectivity index (χ3n) is 4.27. The lowest BCUT2D eigenvalue weighted by molar-refractivity contribution is -0.0287. The quantitative estimate of drug-likeness (QED) is 0.627. The van der Waals surface area contributed by atoms with E-state index in [1.165, 1.54) is 10.9 Å². The van der Waals surface area contributed by atoms with E-state index in [4.69, 9.17) is 10.6 Å². The summed E-state index contributed by atoms with van der Waals surface area (Å²) in [5.41, 5.74) is 4.86. The van der Waals surface area contributed by atoms with Crippen molar-refractivity contribution in [2.75, 3.05) is 7.11 Å². The highest BCUT2D eigenvalue weighted by Crippen LogP contribution is 2.24. The monoisotopic (exact) mass is 273 g/mol. The highest BCUT2D eigenvalue weighted by molar-refractivity contribution is 5.81. The van der Waals surface area contributed by atoms with E-state index >= 15 is 0 Å². The molecule has 0 aliphatic rings. The van der Waals surface area contributed by atoms with Crippen molar-refractivity contribution in [3.63, 3.8) is 0 Å². The van der Waals surface area contributed by atoms with E-state index < -0.39 is 0 Å². The van der Waals surface area contributed by atoms with Gasteiger partial charge in [0.2, 0.25) is 0 Å².